The van der Waals surface area contributed by atoms with Gasteiger partial charge in [0.05, 0.1) is 6.61 Å². The molecule has 0 unspecified atom stereocenters. The third kappa shape index (κ3) is 7.85. The minimum Gasteiger partial charge on any atom is -0.449 e. The molecule has 1 amide bonds. The topological polar surface area (TPSA) is 119 Å². The SMILES string of the molecule is CCCCNC(=S)Nc1ccc2c(c1)Cc1cc(NC(=S)NCCCOC(=O)Nc3ccc4c(c3)Cc3cc(OC#N)ccc3-4)ccc1-2. The second-order valence-corrected chi connectivity index (χ2v) is 12.5. The van der Waals surface area contributed by atoms with Crippen LogP contribution in [-0.4, -0.2) is 36.0 Å². The van der Waals surface area contributed by atoms with Crippen molar-refractivity contribution in [2.45, 2.75) is 39.0 Å². The summed E-state index contributed by atoms with van der Waals surface area (Å²) in [5.41, 5.74) is 11.9. The van der Waals surface area contributed by atoms with Crippen LogP contribution in [0.25, 0.3) is 22.3 Å². The van der Waals surface area contributed by atoms with Crippen LogP contribution >= 0.6 is 24.4 Å². The number of nitrogens with one attached hydrogen (secondary N) is 5. The zero-order valence-corrected chi connectivity index (χ0v) is 28.2. The van der Waals surface area contributed by atoms with Gasteiger partial charge in [0.15, 0.2) is 10.2 Å². The molecule has 0 bridgehead atoms. The van der Waals surface area contributed by atoms with E-state index in [0.717, 1.165) is 59.4 Å². The zero-order valence-electron chi connectivity index (χ0n) is 26.6. The molecule has 0 spiro atoms. The van der Waals surface area contributed by atoms with Crippen LogP contribution in [0.15, 0.2) is 72.8 Å². The Balaban J connectivity index is 0.907. The zero-order chi connectivity index (χ0) is 33.5. The van der Waals surface area contributed by atoms with Gasteiger partial charge in [-0.2, -0.15) is 0 Å². The van der Waals surface area contributed by atoms with Gasteiger partial charge in [-0.15, -0.1) is 5.26 Å². The highest BCUT2D eigenvalue weighted by Crippen LogP contribution is 2.40. The highest BCUT2D eigenvalue weighted by atomic mass is 32.1. The Bertz CT molecular complexity index is 1920. The van der Waals surface area contributed by atoms with Gasteiger partial charge in [-0.1, -0.05) is 37.6 Å². The van der Waals surface area contributed by atoms with Crippen LogP contribution in [0.2, 0.25) is 0 Å². The van der Waals surface area contributed by atoms with Gasteiger partial charge in [0.2, 0.25) is 0 Å². The summed E-state index contributed by atoms with van der Waals surface area (Å²) in [6.07, 6.45) is 5.53. The van der Waals surface area contributed by atoms with Crippen molar-refractivity contribution in [1.82, 2.24) is 10.6 Å². The summed E-state index contributed by atoms with van der Waals surface area (Å²) in [6, 6.07) is 24.1. The number of nitriles is 1. The van der Waals surface area contributed by atoms with Gasteiger partial charge >= 0.3 is 6.09 Å². The van der Waals surface area contributed by atoms with E-state index < -0.39 is 6.09 Å². The van der Waals surface area contributed by atoms with Crippen molar-refractivity contribution < 1.29 is 14.3 Å². The van der Waals surface area contributed by atoms with Gasteiger partial charge in [-0.05, 0) is 143 Å². The lowest BCUT2D eigenvalue weighted by atomic mass is 10.1. The summed E-state index contributed by atoms with van der Waals surface area (Å²) in [7, 11) is 0. The molecular formula is C37H36N6O3S2. The smallest absolute Gasteiger partial charge is 0.411 e. The average Bonchev–Trinajstić information content (AvgIpc) is 3.61. The molecule has 48 heavy (non-hydrogen) atoms. The Morgan fingerprint density at radius 1 is 0.708 bits per heavy atom. The van der Waals surface area contributed by atoms with Crippen molar-refractivity contribution in [2.75, 3.05) is 35.6 Å². The quantitative estimate of drug-likeness (QED) is 0.0531. The number of fused-ring (bicyclic) bond motifs is 6. The maximum Gasteiger partial charge on any atom is 0.411 e. The molecule has 9 nitrogen and oxygen atoms in total. The highest BCUT2D eigenvalue weighted by molar-refractivity contribution is 7.80. The van der Waals surface area contributed by atoms with Crippen molar-refractivity contribution in [3.05, 3.63) is 95.1 Å². The molecule has 6 rings (SSSR count). The maximum absolute atomic E-state index is 12.4. The number of carbonyl (C=O) groups excluding carboxylic acids is 1. The summed E-state index contributed by atoms with van der Waals surface area (Å²) in [6.45, 7) is 3.82. The molecule has 0 saturated carbocycles. The number of hydrogen-bond acceptors (Lipinski definition) is 6. The molecule has 0 saturated heterocycles. The van der Waals surface area contributed by atoms with E-state index in [4.69, 9.17) is 39.2 Å². The number of benzene rings is 4. The summed E-state index contributed by atoms with van der Waals surface area (Å²) < 4.78 is 10.3. The fraction of sp³-hybridized carbons (Fsp3) is 0.243. The van der Waals surface area contributed by atoms with Crippen molar-refractivity contribution in [1.29, 1.82) is 5.26 Å². The van der Waals surface area contributed by atoms with Crippen LogP contribution in [-0.2, 0) is 17.6 Å². The molecule has 0 radical (unpaired) electrons. The van der Waals surface area contributed by atoms with E-state index in [0.29, 0.717) is 41.0 Å². The molecule has 4 aromatic carbocycles. The van der Waals surface area contributed by atoms with Gasteiger partial charge in [0.1, 0.15) is 5.75 Å². The van der Waals surface area contributed by atoms with Crippen molar-refractivity contribution in [2.24, 2.45) is 0 Å². The maximum atomic E-state index is 12.4. The Morgan fingerprint density at radius 3 is 1.71 bits per heavy atom. The van der Waals surface area contributed by atoms with E-state index in [1.807, 2.05) is 36.4 Å². The van der Waals surface area contributed by atoms with Gasteiger partial charge in [0, 0.05) is 30.2 Å². The van der Waals surface area contributed by atoms with Gasteiger partial charge in [0.25, 0.3) is 6.26 Å². The van der Waals surface area contributed by atoms with E-state index in [1.165, 1.54) is 22.3 Å². The molecule has 0 heterocycles. The van der Waals surface area contributed by atoms with Gasteiger partial charge < -0.3 is 30.7 Å². The number of rotatable bonds is 11. The summed E-state index contributed by atoms with van der Waals surface area (Å²) in [5, 5.41) is 25.8. The molecule has 0 aromatic heterocycles. The third-order valence-electron chi connectivity index (χ3n) is 8.32. The number of unbranched alkanes of at least 4 members (excludes halogenated alkanes) is 1. The Kier molecular flexibility index (Phi) is 10.3. The molecule has 0 atom stereocenters. The fourth-order valence-corrected chi connectivity index (χ4v) is 6.51. The Labute approximate surface area is 291 Å². The molecule has 4 aromatic rings. The minimum atomic E-state index is -0.510. The molecule has 2 aliphatic carbocycles. The Morgan fingerprint density at radius 2 is 1.19 bits per heavy atom. The molecule has 0 fully saturated rings. The monoisotopic (exact) mass is 676 g/mol. The normalized spacial score (nSPS) is 11.6. The molecule has 11 heteroatoms. The Hall–Kier alpha value is -5.18. The number of amides is 1. The fourth-order valence-electron chi connectivity index (χ4n) is 6.07. The first-order valence-electron chi connectivity index (χ1n) is 16.0. The largest absolute Gasteiger partial charge is 0.449 e. The molecule has 244 valence electrons. The molecule has 2 aliphatic rings. The lowest BCUT2D eigenvalue weighted by Gasteiger charge is -2.12. The van der Waals surface area contributed by atoms with E-state index in [2.05, 4.69) is 63.8 Å². The number of ether oxygens (including phenoxy) is 2. The van der Waals surface area contributed by atoms with Crippen LogP contribution in [0.1, 0.15) is 48.4 Å². The molecular weight excluding hydrogens is 641 g/mol. The van der Waals surface area contributed by atoms with E-state index in [1.54, 1.807) is 12.3 Å². The highest BCUT2D eigenvalue weighted by Gasteiger charge is 2.21. The van der Waals surface area contributed by atoms with Gasteiger partial charge in [-0.25, -0.2) is 4.79 Å². The second-order valence-electron chi connectivity index (χ2n) is 11.7. The van der Waals surface area contributed by atoms with Crippen LogP contribution < -0.4 is 31.3 Å². The number of thiocarbonyl (C=S) groups is 2. The second kappa shape index (κ2) is 15.2. The van der Waals surface area contributed by atoms with Crippen LogP contribution in [0.3, 0.4) is 0 Å². The van der Waals surface area contributed by atoms with Crippen molar-refractivity contribution in [3.63, 3.8) is 0 Å². The summed E-state index contributed by atoms with van der Waals surface area (Å²) >= 11 is 10.9. The molecule has 5 N–H and O–H groups in total. The first kappa shape index (κ1) is 32.7. The third-order valence-corrected chi connectivity index (χ3v) is 8.81. The minimum absolute atomic E-state index is 0.243. The number of carbonyl (C=O) groups is 1. The first-order chi connectivity index (χ1) is 23.4. The standard InChI is InChI=1S/C37H36N6O3S2/c1-2-3-13-39-35(47)41-27-5-9-31-23(18-27)16-24-19-28(6-10-32(24)31)42-36(48)40-14-4-15-45-37(44)43-29-7-11-33-25(20-29)17-26-21-30(46-22-38)8-12-34(26)33/h5-12,18-21H,2-4,13-17H2,1H3,(H,43,44)(H2,39,41,47)(H2,40,42,48). The van der Waals surface area contributed by atoms with Crippen molar-refractivity contribution in [3.8, 4) is 34.3 Å². The number of anilines is 3. The number of hydrogen-bond donors (Lipinski definition) is 5. The summed E-state index contributed by atoms with van der Waals surface area (Å²) in [4.78, 5) is 12.4. The van der Waals surface area contributed by atoms with Crippen molar-refractivity contribution >= 4 is 57.8 Å². The predicted molar refractivity (Wildman–Crippen MR) is 199 cm³/mol. The first-order valence-corrected chi connectivity index (χ1v) is 16.8. The lowest BCUT2D eigenvalue weighted by Crippen LogP contribution is -2.30. The van der Waals surface area contributed by atoms with Crippen LogP contribution in [0, 0.1) is 11.5 Å². The van der Waals surface area contributed by atoms with E-state index >= 15 is 0 Å². The van der Waals surface area contributed by atoms with Crippen LogP contribution in [0.4, 0.5) is 21.9 Å². The van der Waals surface area contributed by atoms with E-state index in [9.17, 15) is 4.79 Å². The van der Waals surface area contributed by atoms with Gasteiger partial charge in [-0.3, -0.25) is 5.32 Å². The summed E-state index contributed by atoms with van der Waals surface area (Å²) in [5.74, 6) is 0.520. The van der Waals surface area contributed by atoms with Crippen LogP contribution in [0.5, 0.6) is 5.75 Å². The predicted octanol–water partition coefficient (Wildman–Crippen LogP) is 7.70. The number of nitrogens with zero attached hydrogens (tertiary/aromatic N) is 1. The van der Waals surface area contributed by atoms with E-state index in [-0.39, 0.29) is 6.61 Å². The average molecular weight is 677 g/mol. The molecule has 0 aliphatic heterocycles. The lowest BCUT2D eigenvalue weighted by molar-refractivity contribution is 0.160.